The Morgan fingerprint density at radius 3 is 2.32 bits per heavy atom. The quantitative estimate of drug-likeness (QED) is 0.698. The van der Waals surface area contributed by atoms with Gasteiger partial charge >= 0.3 is 0 Å². The van der Waals surface area contributed by atoms with E-state index in [0.717, 1.165) is 39.0 Å². The van der Waals surface area contributed by atoms with Crippen molar-refractivity contribution in [3.8, 4) is 0 Å². The molecule has 1 fully saturated rings. The number of aliphatic hydroxyl groups excluding tert-OH is 1. The Labute approximate surface area is 119 Å². The van der Waals surface area contributed by atoms with Crippen molar-refractivity contribution < 1.29 is 5.11 Å². The number of rotatable bonds is 7. The predicted octanol–water partition coefficient (Wildman–Crippen LogP) is 2.64. The molecule has 0 bridgehead atoms. The monoisotopic (exact) mass is 270 g/mol. The van der Waals surface area contributed by atoms with Crippen molar-refractivity contribution in [3.05, 3.63) is 0 Å². The van der Waals surface area contributed by atoms with Crippen LogP contribution < -0.4 is 5.32 Å². The second-order valence-electron chi connectivity index (χ2n) is 6.91. The fraction of sp³-hybridized carbons (Fsp3) is 1.00. The van der Waals surface area contributed by atoms with Crippen molar-refractivity contribution >= 4 is 0 Å². The summed E-state index contributed by atoms with van der Waals surface area (Å²) < 4.78 is 0. The van der Waals surface area contributed by atoms with E-state index in [-0.39, 0.29) is 12.1 Å². The molecule has 1 saturated carbocycles. The average molecular weight is 270 g/mol. The number of hydrogen-bond acceptors (Lipinski definition) is 3. The predicted molar refractivity (Wildman–Crippen MR) is 82.5 cm³/mol. The van der Waals surface area contributed by atoms with Crippen LogP contribution in [0.15, 0.2) is 0 Å². The number of hydrogen-bond donors (Lipinski definition) is 2. The minimum Gasteiger partial charge on any atom is -0.394 e. The Morgan fingerprint density at radius 2 is 1.74 bits per heavy atom. The number of nitrogens with one attached hydrogen (secondary N) is 1. The van der Waals surface area contributed by atoms with E-state index in [9.17, 15) is 5.11 Å². The van der Waals surface area contributed by atoms with E-state index < -0.39 is 0 Å². The molecule has 0 heterocycles. The van der Waals surface area contributed by atoms with Gasteiger partial charge in [0.2, 0.25) is 0 Å². The van der Waals surface area contributed by atoms with Crippen LogP contribution in [0.1, 0.15) is 59.8 Å². The van der Waals surface area contributed by atoms with E-state index in [1.54, 1.807) is 0 Å². The molecule has 0 aromatic heterocycles. The summed E-state index contributed by atoms with van der Waals surface area (Å²) in [7, 11) is 0. The normalized spacial score (nSPS) is 27.5. The molecule has 3 heteroatoms. The first kappa shape index (κ1) is 16.9. The van der Waals surface area contributed by atoms with E-state index in [1.165, 1.54) is 19.3 Å². The minimum atomic E-state index is -0.0269. The third-order valence-corrected chi connectivity index (χ3v) is 4.91. The van der Waals surface area contributed by atoms with Gasteiger partial charge in [-0.05, 0) is 44.2 Å². The van der Waals surface area contributed by atoms with Crippen molar-refractivity contribution in [2.24, 2.45) is 5.41 Å². The van der Waals surface area contributed by atoms with Crippen molar-refractivity contribution in [2.75, 3.05) is 32.8 Å². The molecule has 1 aliphatic carbocycles. The van der Waals surface area contributed by atoms with Crippen LogP contribution in [-0.4, -0.2) is 48.3 Å². The largest absolute Gasteiger partial charge is 0.394 e. The molecule has 0 aliphatic heterocycles. The highest BCUT2D eigenvalue weighted by molar-refractivity contribution is 4.92. The van der Waals surface area contributed by atoms with Crippen LogP contribution in [0, 0.1) is 5.41 Å². The van der Waals surface area contributed by atoms with E-state index in [2.05, 4.69) is 37.9 Å². The fourth-order valence-corrected chi connectivity index (χ4v) is 3.14. The molecular weight excluding hydrogens is 236 g/mol. The molecule has 3 nitrogen and oxygen atoms in total. The van der Waals surface area contributed by atoms with Crippen LogP contribution in [0.4, 0.5) is 0 Å². The maximum atomic E-state index is 9.84. The molecule has 2 N–H and O–H groups in total. The van der Waals surface area contributed by atoms with Crippen molar-refractivity contribution in [3.63, 3.8) is 0 Å². The Bertz CT molecular complexity index is 251. The van der Waals surface area contributed by atoms with Crippen molar-refractivity contribution in [1.82, 2.24) is 10.2 Å². The molecule has 0 radical (unpaired) electrons. The van der Waals surface area contributed by atoms with Gasteiger partial charge in [-0.25, -0.2) is 0 Å². The fourth-order valence-electron chi connectivity index (χ4n) is 3.14. The average Bonchev–Trinajstić information content (AvgIpc) is 2.54. The third kappa shape index (κ3) is 5.41. The van der Waals surface area contributed by atoms with Gasteiger partial charge in [0.25, 0.3) is 0 Å². The zero-order chi connectivity index (χ0) is 14.4. The van der Waals surface area contributed by atoms with E-state index >= 15 is 0 Å². The van der Waals surface area contributed by atoms with Crippen LogP contribution in [-0.2, 0) is 0 Å². The molecule has 1 aliphatic rings. The summed E-state index contributed by atoms with van der Waals surface area (Å²) in [5.41, 5.74) is 0.415. The molecule has 0 amide bonds. The van der Waals surface area contributed by atoms with Crippen molar-refractivity contribution in [2.45, 2.75) is 65.3 Å². The number of likely N-dealkylation sites (N-methyl/N-ethyl adjacent to an activating group) is 1. The summed E-state index contributed by atoms with van der Waals surface area (Å²) in [6, 6.07) is 0. The highest BCUT2D eigenvalue weighted by Gasteiger charge is 2.34. The summed E-state index contributed by atoms with van der Waals surface area (Å²) in [5.74, 6) is 0. The Kier molecular flexibility index (Phi) is 6.78. The Morgan fingerprint density at radius 1 is 1.05 bits per heavy atom. The first-order valence-corrected chi connectivity index (χ1v) is 8.05. The first-order valence-electron chi connectivity index (χ1n) is 8.05. The molecular formula is C16H34N2O. The van der Waals surface area contributed by atoms with Crippen LogP contribution in [0.5, 0.6) is 0 Å². The van der Waals surface area contributed by atoms with Gasteiger partial charge < -0.3 is 15.3 Å². The van der Waals surface area contributed by atoms with Gasteiger partial charge in [-0.3, -0.25) is 0 Å². The zero-order valence-corrected chi connectivity index (χ0v) is 13.5. The maximum absolute atomic E-state index is 9.84. The molecule has 0 spiro atoms. The van der Waals surface area contributed by atoms with Gasteiger partial charge in [0.05, 0.1) is 6.61 Å². The highest BCUT2D eigenvalue weighted by Crippen LogP contribution is 2.37. The van der Waals surface area contributed by atoms with Gasteiger partial charge in [-0.2, -0.15) is 0 Å². The minimum absolute atomic E-state index is 0.0269. The standard InChI is InChI=1S/C16H34N2O/c1-5-18(6-2)13-12-17-16(14-19)9-7-8-15(3,4)10-11-16/h17,19H,5-14H2,1-4H3. The van der Waals surface area contributed by atoms with Gasteiger partial charge in [0.15, 0.2) is 0 Å². The topological polar surface area (TPSA) is 35.5 Å². The summed E-state index contributed by atoms with van der Waals surface area (Å²) in [5, 5.41) is 13.5. The van der Waals surface area contributed by atoms with E-state index in [1.807, 2.05) is 0 Å². The lowest BCUT2D eigenvalue weighted by molar-refractivity contribution is 0.135. The first-order chi connectivity index (χ1) is 8.97. The molecule has 1 rings (SSSR count). The molecule has 1 unspecified atom stereocenters. The van der Waals surface area contributed by atoms with Gasteiger partial charge in [-0.15, -0.1) is 0 Å². The van der Waals surface area contributed by atoms with Crippen molar-refractivity contribution in [1.29, 1.82) is 0 Å². The third-order valence-electron chi connectivity index (χ3n) is 4.91. The van der Waals surface area contributed by atoms with Crippen LogP contribution >= 0.6 is 0 Å². The Balaban J connectivity index is 2.47. The highest BCUT2D eigenvalue weighted by atomic mass is 16.3. The van der Waals surface area contributed by atoms with Crippen LogP contribution in [0.25, 0.3) is 0 Å². The van der Waals surface area contributed by atoms with E-state index in [4.69, 9.17) is 0 Å². The molecule has 19 heavy (non-hydrogen) atoms. The van der Waals surface area contributed by atoms with Crippen LogP contribution in [0.2, 0.25) is 0 Å². The summed E-state index contributed by atoms with van der Waals surface area (Å²) in [4.78, 5) is 2.43. The summed E-state index contributed by atoms with van der Waals surface area (Å²) in [6.45, 7) is 13.7. The molecule has 114 valence electrons. The van der Waals surface area contributed by atoms with Gasteiger partial charge in [-0.1, -0.05) is 34.1 Å². The van der Waals surface area contributed by atoms with E-state index in [0.29, 0.717) is 5.41 Å². The molecule has 0 aromatic carbocycles. The lowest BCUT2D eigenvalue weighted by Gasteiger charge is -2.34. The number of nitrogens with zero attached hydrogens (tertiary/aromatic N) is 1. The number of aliphatic hydroxyl groups is 1. The second kappa shape index (κ2) is 7.61. The van der Waals surface area contributed by atoms with Gasteiger partial charge in [0, 0.05) is 18.6 Å². The van der Waals surface area contributed by atoms with Gasteiger partial charge in [0.1, 0.15) is 0 Å². The van der Waals surface area contributed by atoms with Crippen LogP contribution in [0.3, 0.4) is 0 Å². The smallest absolute Gasteiger partial charge is 0.0613 e. The Hall–Kier alpha value is -0.120. The zero-order valence-electron chi connectivity index (χ0n) is 13.5. The summed E-state index contributed by atoms with van der Waals surface area (Å²) in [6.07, 6.45) is 5.95. The summed E-state index contributed by atoms with van der Waals surface area (Å²) >= 11 is 0. The lowest BCUT2D eigenvalue weighted by Crippen LogP contribution is -2.50. The lowest BCUT2D eigenvalue weighted by atomic mass is 9.83. The molecule has 1 atom stereocenters. The molecule has 0 aromatic rings. The molecule has 0 saturated heterocycles. The second-order valence-corrected chi connectivity index (χ2v) is 6.91. The SMILES string of the molecule is CCN(CC)CCNC1(CO)CCCC(C)(C)CC1. The maximum Gasteiger partial charge on any atom is 0.0613 e.